The highest BCUT2D eigenvalue weighted by molar-refractivity contribution is 6.11. The molecule has 1 fully saturated rings. The summed E-state index contributed by atoms with van der Waals surface area (Å²) in [6.45, 7) is 8.61. The van der Waals surface area contributed by atoms with Crippen LogP contribution >= 0.6 is 0 Å². The van der Waals surface area contributed by atoms with Gasteiger partial charge >= 0.3 is 0 Å². The van der Waals surface area contributed by atoms with Gasteiger partial charge < -0.3 is 110 Å². The van der Waals surface area contributed by atoms with Gasteiger partial charge in [0.25, 0.3) is 47.3 Å². The Labute approximate surface area is 673 Å². The average molecular weight is 1610 g/mol. The van der Waals surface area contributed by atoms with Crippen molar-refractivity contribution in [3.05, 3.63) is 173 Å². The number of nitrogens with one attached hydrogen (secondary N) is 12. The number of hydrogen-bond donors (Lipinski definition) is 12. The van der Waals surface area contributed by atoms with Gasteiger partial charge in [-0.15, -0.1) is 0 Å². The number of carbonyl (C=O) groups is 11. The lowest BCUT2D eigenvalue weighted by molar-refractivity contribution is -0.121. The van der Waals surface area contributed by atoms with E-state index in [1.165, 1.54) is 95.1 Å². The Morgan fingerprint density at radius 3 is 1.30 bits per heavy atom. The predicted octanol–water partition coefficient (Wildman–Crippen LogP) is 4.48. The van der Waals surface area contributed by atoms with Crippen LogP contribution in [0.5, 0.6) is 0 Å². The van der Waals surface area contributed by atoms with E-state index in [1.54, 1.807) is 84.9 Å². The van der Waals surface area contributed by atoms with Gasteiger partial charge in [0.2, 0.25) is 41.0 Å². The van der Waals surface area contributed by atoms with Crippen LogP contribution in [-0.4, -0.2) is 206 Å². The van der Waals surface area contributed by atoms with Crippen LogP contribution in [0.15, 0.2) is 121 Å². The highest BCUT2D eigenvalue weighted by Crippen LogP contribution is 2.30. The summed E-state index contributed by atoms with van der Waals surface area (Å²) in [7, 11) is 12.7. The quantitative estimate of drug-likeness (QED) is 0.0199. The number of rotatable bonds is 33. The zero-order chi connectivity index (χ0) is 83.8. The molecule has 1 saturated heterocycles. The van der Waals surface area contributed by atoms with Crippen molar-refractivity contribution in [3.8, 4) is 0 Å². The van der Waals surface area contributed by atoms with Gasteiger partial charge in [0.05, 0.1) is 44.7 Å². The summed E-state index contributed by atoms with van der Waals surface area (Å²) in [5.74, 6) is -5.62. The lowest BCUT2D eigenvalue weighted by atomic mass is 10.1. The van der Waals surface area contributed by atoms with Crippen molar-refractivity contribution < 1.29 is 52.7 Å². The van der Waals surface area contributed by atoms with Crippen LogP contribution in [0.4, 0.5) is 51.7 Å². The molecule has 1 aliphatic heterocycles. The number of piperazine rings is 1. The molecule has 40 nitrogen and oxygen atoms in total. The van der Waals surface area contributed by atoms with E-state index < -0.39 is 53.2 Å². The summed E-state index contributed by atoms with van der Waals surface area (Å²) in [4.78, 5) is 185. The molecule has 0 bridgehead atoms. The van der Waals surface area contributed by atoms with Crippen molar-refractivity contribution >= 4 is 144 Å². The van der Waals surface area contributed by atoms with Gasteiger partial charge in [-0.2, -0.15) is 0 Å². The normalized spacial score (nSPS) is 12.4. The third-order valence-electron chi connectivity index (χ3n) is 19.9. The first-order valence-corrected chi connectivity index (χ1v) is 38.0. The highest BCUT2D eigenvalue weighted by Gasteiger charge is 2.27. The Balaban J connectivity index is 0.484. The fourth-order valence-electron chi connectivity index (χ4n) is 13.9. The van der Waals surface area contributed by atoms with Crippen LogP contribution in [-0.2, 0) is 70.8 Å². The number of carbonyl (C=O) groups excluding carboxylic acids is 11. The van der Waals surface area contributed by atoms with Gasteiger partial charge in [-0.3, -0.25) is 61.9 Å². The molecule has 12 aromatic rings. The summed E-state index contributed by atoms with van der Waals surface area (Å²) in [6.07, 6.45) is 15.9. The number of amides is 11. The van der Waals surface area contributed by atoms with Crippen molar-refractivity contribution in [1.29, 1.82) is 0 Å². The number of pyridine rings is 1. The SMILES string of the molecule is CCC(=O)Nc1cn(C)c(C(=O)Nc2cn(C)c(C(=O)Nc3cn(C)c(C(=O)Nc4cn(C)c(C(=O)NCCCC(=O)Nc5cc(C(=O)Nc6cc(C(=O)Nc7cc(C(=O)Nc8cc(C(=O)NCCC(=O)NCCCN9CCN(CCCNc%10ccc%11ncn%12c%13ccccc%13c(=O)c%10c%11%12)CC9)n(C)c8)n(C)c7)n(C)c6)n(C)c5)n4)n3)n2)n1. The Bertz CT molecular complexity index is 5950. The Morgan fingerprint density at radius 2 is 0.814 bits per heavy atom. The number of benzene rings is 2. The van der Waals surface area contributed by atoms with Gasteiger partial charge in [-0.25, -0.2) is 24.9 Å². The maximum atomic E-state index is 13.7. The highest BCUT2D eigenvalue weighted by atomic mass is 16.2. The van der Waals surface area contributed by atoms with E-state index in [1.807, 2.05) is 40.8 Å². The van der Waals surface area contributed by atoms with Crippen molar-refractivity contribution in [3.63, 3.8) is 0 Å². The van der Waals surface area contributed by atoms with E-state index in [-0.39, 0.29) is 125 Å². The van der Waals surface area contributed by atoms with Crippen LogP contribution in [0, 0.1) is 0 Å². The summed E-state index contributed by atoms with van der Waals surface area (Å²) in [5, 5.41) is 34.8. The van der Waals surface area contributed by atoms with E-state index in [4.69, 9.17) is 0 Å². The Hall–Kier alpha value is -14.6. The molecule has 614 valence electrons. The smallest absolute Gasteiger partial charge is 0.292 e. The minimum absolute atomic E-state index is 0.00272. The van der Waals surface area contributed by atoms with Gasteiger partial charge in [-0.05, 0) is 80.9 Å². The molecule has 12 N–H and O–H groups in total. The van der Waals surface area contributed by atoms with Crippen molar-refractivity contribution in [2.45, 2.75) is 45.4 Å². The van der Waals surface area contributed by atoms with Gasteiger partial charge in [0, 0.05) is 189 Å². The number of para-hydroxylation sites is 1. The lowest BCUT2D eigenvalue weighted by Crippen LogP contribution is -2.47. The number of aromatic nitrogens is 14. The molecule has 0 saturated carbocycles. The van der Waals surface area contributed by atoms with E-state index >= 15 is 0 Å². The first-order valence-electron chi connectivity index (χ1n) is 38.0. The van der Waals surface area contributed by atoms with Crippen molar-refractivity contribution in [1.82, 2.24) is 91.6 Å². The predicted molar refractivity (Wildman–Crippen MR) is 440 cm³/mol. The molecular formula is C78H90N28O12. The molecule has 1 aliphatic rings. The molecular weight excluding hydrogens is 1520 g/mol. The summed E-state index contributed by atoms with van der Waals surface area (Å²) in [5.41, 5.74) is 5.35. The molecule has 40 heteroatoms. The number of nitrogens with zero attached hydrogens (tertiary/aromatic N) is 16. The second-order valence-corrected chi connectivity index (χ2v) is 28.7. The van der Waals surface area contributed by atoms with Crippen LogP contribution in [0.1, 0.15) is 130 Å². The molecule has 0 spiro atoms. The van der Waals surface area contributed by atoms with E-state index in [0.29, 0.717) is 40.1 Å². The number of aryl methyl sites for hydroxylation is 8. The van der Waals surface area contributed by atoms with E-state index in [0.717, 1.165) is 80.9 Å². The molecule has 0 atom stereocenters. The molecule has 2 aromatic carbocycles. The van der Waals surface area contributed by atoms with Crippen LogP contribution in [0.3, 0.4) is 0 Å². The Morgan fingerprint density at radius 1 is 0.390 bits per heavy atom. The molecule has 0 unspecified atom stereocenters. The van der Waals surface area contributed by atoms with E-state index in [2.05, 4.69) is 98.5 Å². The van der Waals surface area contributed by atoms with Gasteiger partial charge in [0.15, 0.2) is 28.7 Å². The Kier molecular flexibility index (Phi) is 24.5. The molecule has 11 amide bonds. The minimum atomic E-state index is -0.718. The fourth-order valence-corrected chi connectivity index (χ4v) is 13.9. The molecule has 13 rings (SSSR count). The maximum absolute atomic E-state index is 13.7. The molecule has 0 radical (unpaired) electrons. The maximum Gasteiger partial charge on any atom is 0.292 e. The first-order chi connectivity index (χ1) is 56.6. The zero-order valence-corrected chi connectivity index (χ0v) is 66.3. The van der Waals surface area contributed by atoms with Crippen molar-refractivity contribution in [2.75, 3.05) is 113 Å². The van der Waals surface area contributed by atoms with Crippen LogP contribution < -0.4 is 69.2 Å². The monoisotopic (exact) mass is 1610 g/mol. The number of hydrogen-bond acceptors (Lipinski definition) is 20. The molecule has 10 aromatic heterocycles. The third-order valence-corrected chi connectivity index (χ3v) is 19.9. The summed E-state index contributed by atoms with van der Waals surface area (Å²) >= 11 is 0. The molecule has 118 heavy (non-hydrogen) atoms. The standard InChI is InChI=1S/C78H90N28O12/c1-10-61(107)88-57-40-101(7)68(89-57)76(116)94-59-42-103(9)70(91-59)78(118)95-60-43-102(8)69(92-60)77(117)93-58-41-100(6)67(90-58)75(115)81-22-13-18-63(109)84-45-32-54(97(3)36-45)72(112)86-47-34-56(99(5)38-47)74(114)87-48-35-55(98(4)39-48)73(113)85-46-33-53(96(2)37-46)71(111)82-25-21-62(108)80-24-15-27-105-30-28-104(29-31-105)26-14-23-79-50-19-20-51-65-64(50)66(110)49-16-11-12-17-52(49)106(65)44-83-51/h11-12,16-17,19-20,32-44,79H,10,13-15,18,21-31H2,1-9H3,(H,80,108)(H,81,115)(H,82,111)(H,84,109)(H,85,113)(H,86,112)(H,87,114)(H,88,107)(H,93,117)(H,94,116)(H,95,118). The van der Waals surface area contributed by atoms with Crippen LogP contribution in [0.25, 0.3) is 27.3 Å². The van der Waals surface area contributed by atoms with Crippen LogP contribution in [0.2, 0.25) is 0 Å². The lowest BCUT2D eigenvalue weighted by Gasteiger charge is -2.34. The molecule has 11 heterocycles. The third kappa shape index (κ3) is 18.8. The second-order valence-electron chi connectivity index (χ2n) is 28.7. The van der Waals surface area contributed by atoms with Gasteiger partial charge in [-0.1, -0.05) is 19.1 Å². The zero-order valence-electron chi connectivity index (χ0n) is 66.3. The van der Waals surface area contributed by atoms with Gasteiger partial charge in [0.1, 0.15) is 29.1 Å². The fraction of sp³-hybridized carbons (Fsp3) is 0.321. The van der Waals surface area contributed by atoms with Crippen molar-refractivity contribution in [2.24, 2.45) is 56.4 Å². The summed E-state index contributed by atoms with van der Waals surface area (Å²) in [6, 6.07) is 17.5. The molecule has 0 aliphatic carbocycles. The average Bonchev–Trinajstić information content (AvgIpc) is 1.31. The second kappa shape index (κ2) is 35.4. The largest absolute Gasteiger partial charge is 0.384 e. The number of imidazole rings is 5. The number of fused-ring (bicyclic) bond motifs is 2. The summed E-state index contributed by atoms with van der Waals surface area (Å²) < 4.78 is 13.7. The van der Waals surface area contributed by atoms with E-state index in [9.17, 15) is 57.5 Å². The minimum Gasteiger partial charge on any atom is -0.384 e. The number of anilines is 9. The topological polar surface area (TPSA) is 464 Å². The first kappa shape index (κ1) is 81.4.